The van der Waals surface area contributed by atoms with Gasteiger partial charge >= 0.3 is 5.97 Å². The van der Waals surface area contributed by atoms with Crippen LogP contribution in [0, 0.1) is 0 Å². The summed E-state index contributed by atoms with van der Waals surface area (Å²) in [5.74, 6) is -1.35. The lowest BCUT2D eigenvalue weighted by Crippen LogP contribution is -2.42. The molecular weight excluding hydrogens is 297 g/mol. The van der Waals surface area contributed by atoms with Crippen molar-refractivity contribution in [2.24, 2.45) is 0 Å². The van der Waals surface area contributed by atoms with E-state index in [4.69, 9.17) is 19.7 Å². The fourth-order valence-electron chi connectivity index (χ4n) is 1.59. The molecule has 8 heteroatoms. The minimum atomic E-state index is -1.07. The number of rotatable bonds is 12. The van der Waals surface area contributed by atoms with E-state index in [1.165, 1.54) is 4.90 Å². The number of amides is 1. The van der Waals surface area contributed by atoms with Gasteiger partial charge in [-0.2, -0.15) is 0 Å². The number of hydrogen-bond acceptors (Lipinski definition) is 5. The van der Waals surface area contributed by atoms with Crippen LogP contribution in [0.3, 0.4) is 0 Å². The first-order chi connectivity index (χ1) is 9.82. The van der Waals surface area contributed by atoms with Crippen molar-refractivity contribution in [2.75, 3.05) is 45.9 Å². The molecule has 0 aliphatic rings. The summed E-state index contributed by atoms with van der Waals surface area (Å²) in [6.07, 6.45) is 0.698. The Morgan fingerprint density at radius 2 is 1.95 bits per heavy atom. The van der Waals surface area contributed by atoms with E-state index in [9.17, 15) is 9.59 Å². The van der Waals surface area contributed by atoms with Crippen LogP contribution < -0.4 is 0 Å². The van der Waals surface area contributed by atoms with E-state index in [2.05, 4.69) is 0 Å². The van der Waals surface area contributed by atoms with Gasteiger partial charge in [-0.1, -0.05) is 8.58 Å². The summed E-state index contributed by atoms with van der Waals surface area (Å²) in [5, 5.41) is 17.5. The Balaban J connectivity index is 4.45. The average Bonchev–Trinajstić information content (AvgIpc) is 2.39. The van der Waals surface area contributed by atoms with E-state index < -0.39 is 11.6 Å². The van der Waals surface area contributed by atoms with Crippen LogP contribution in [0.5, 0.6) is 0 Å². The Kier molecular flexibility index (Phi) is 10.5. The molecule has 0 aliphatic carbocycles. The van der Waals surface area contributed by atoms with Gasteiger partial charge in [0.2, 0.25) is 5.91 Å². The molecule has 0 aromatic heterocycles. The molecule has 1 atom stereocenters. The zero-order valence-electron chi connectivity index (χ0n) is 12.9. The maximum atomic E-state index is 12.2. The van der Waals surface area contributed by atoms with Gasteiger partial charge in [0.15, 0.2) is 0 Å². The highest BCUT2D eigenvalue weighted by Gasteiger charge is 2.26. The zero-order chi connectivity index (χ0) is 16.3. The fourth-order valence-corrected chi connectivity index (χ4v) is 2.13. The van der Waals surface area contributed by atoms with Crippen LogP contribution in [-0.2, 0) is 19.1 Å². The molecule has 0 aliphatic heterocycles. The van der Waals surface area contributed by atoms with Crippen LogP contribution in [0.1, 0.15) is 20.3 Å². The van der Waals surface area contributed by atoms with E-state index >= 15 is 0 Å². The Morgan fingerprint density at radius 1 is 1.29 bits per heavy atom. The second-order valence-electron chi connectivity index (χ2n) is 5.12. The third-order valence-corrected chi connectivity index (χ3v) is 3.04. The Labute approximate surface area is 127 Å². The molecule has 0 saturated carbocycles. The molecular formula is C13H26NO6P. The normalized spacial score (nSPS) is 12.0. The maximum absolute atomic E-state index is 12.2. The molecule has 0 aromatic rings. The standard InChI is InChI=1S/C13H26NO6P/c1-13(2,20-10-21-3)8-11(16)14(9-12(17)18)4-6-19-7-5-15/h15,21H,4-10H2,1-3H3,(H,17,18). The summed E-state index contributed by atoms with van der Waals surface area (Å²) in [4.78, 5) is 24.3. The Hall–Kier alpha value is -0.750. The lowest BCUT2D eigenvalue weighted by atomic mass is 10.0. The number of aliphatic hydroxyl groups is 1. The van der Waals surface area contributed by atoms with Crippen LogP contribution >= 0.6 is 8.58 Å². The largest absolute Gasteiger partial charge is 0.480 e. The van der Waals surface area contributed by atoms with E-state index in [-0.39, 0.29) is 45.2 Å². The molecule has 124 valence electrons. The molecule has 0 spiro atoms. The van der Waals surface area contributed by atoms with Crippen molar-refractivity contribution in [1.82, 2.24) is 4.90 Å². The number of carboxylic acid groups (broad SMARTS) is 1. The van der Waals surface area contributed by atoms with Crippen LogP contribution in [0.25, 0.3) is 0 Å². The topological polar surface area (TPSA) is 96.3 Å². The van der Waals surface area contributed by atoms with Crippen LogP contribution in [0.15, 0.2) is 0 Å². The monoisotopic (exact) mass is 323 g/mol. The molecule has 0 rings (SSSR count). The van der Waals surface area contributed by atoms with Crippen molar-refractivity contribution >= 4 is 20.5 Å². The quantitative estimate of drug-likeness (QED) is 0.398. The predicted octanol–water partition coefficient (Wildman–Crippen LogP) is 0.360. The summed E-state index contributed by atoms with van der Waals surface area (Å²) in [6.45, 7) is 5.69. The van der Waals surface area contributed by atoms with Gasteiger partial charge in [0.25, 0.3) is 0 Å². The molecule has 0 aromatic carbocycles. The van der Waals surface area contributed by atoms with Crippen LogP contribution in [0.4, 0.5) is 0 Å². The number of aliphatic carboxylic acids is 1. The van der Waals surface area contributed by atoms with Gasteiger partial charge in [0.05, 0.1) is 38.2 Å². The summed E-state index contributed by atoms with van der Waals surface area (Å²) in [7, 11) is 0.634. The van der Waals surface area contributed by atoms with Crippen molar-refractivity contribution in [2.45, 2.75) is 25.9 Å². The molecule has 0 fully saturated rings. The first kappa shape index (κ1) is 20.2. The van der Waals surface area contributed by atoms with Gasteiger partial charge < -0.3 is 24.6 Å². The summed E-state index contributed by atoms with van der Waals surface area (Å²) >= 11 is 0. The zero-order valence-corrected chi connectivity index (χ0v) is 13.9. The lowest BCUT2D eigenvalue weighted by Gasteiger charge is -2.28. The van der Waals surface area contributed by atoms with E-state index in [0.717, 1.165) is 0 Å². The van der Waals surface area contributed by atoms with Gasteiger partial charge in [-0.15, -0.1) is 0 Å². The van der Waals surface area contributed by atoms with Crippen molar-refractivity contribution in [3.05, 3.63) is 0 Å². The number of aliphatic hydroxyl groups excluding tert-OH is 1. The number of carbonyl (C=O) groups excluding carboxylic acids is 1. The number of ether oxygens (including phenoxy) is 2. The van der Waals surface area contributed by atoms with Gasteiger partial charge in [-0.05, 0) is 20.5 Å². The van der Waals surface area contributed by atoms with E-state index in [1.807, 2.05) is 20.5 Å². The molecule has 2 N–H and O–H groups in total. The van der Waals surface area contributed by atoms with Crippen molar-refractivity contribution in [3.63, 3.8) is 0 Å². The summed E-state index contributed by atoms with van der Waals surface area (Å²) in [5.41, 5.74) is -0.622. The minimum absolute atomic E-state index is 0.106. The molecule has 0 bridgehead atoms. The fraction of sp³-hybridized carbons (Fsp3) is 0.846. The van der Waals surface area contributed by atoms with E-state index in [1.54, 1.807) is 0 Å². The molecule has 0 radical (unpaired) electrons. The van der Waals surface area contributed by atoms with Crippen LogP contribution in [-0.4, -0.2) is 78.5 Å². The number of hydrogen-bond donors (Lipinski definition) is 2. The average molecular weight is 323 g/mol. The molecule has 21 heavy (non-hydrogen) atoms. The van der Waals surface area contributed by atoms with E-state index in [0.29, 0.717) is 14.9 Å². The number of carboxylic acids is 1. The third-order valence-electron chi connectivity index (χ3n) is 2.60. The second kappa shape index (κ2) is 10.9. The molecule has 0 heterocycles. The number of carbonyl (C=O) groups is 2. The van der Waals surface area contributed by atoms with Gasteiger partial charge in [-0.3, -0.25) is 9.59 Å². The molecule has 1 unspecified atom stereocenters. The van der Waals surface area contributed by atoms with Crippen molar-refractivity contribution in [3.8, 4) is 0 Å². The van der Waals surface area contributed by atoms with Gasteiger partial charge in [-0.25, -0.2) is 0 Å². The SMILES string of the molecule is CPCOC(C)(C)CC(=O)N(CCOCCO)CC(=O)O. The minimum Gasteiger partial charge on any atom is -0.480 e. The highest BCUT2D eigenvalue weighted by atomic mass is 31.1. The molecule has 7 nitrogen and oxygen atoms in total. The first-order valence-electron chi connectivity index (χ1n) is 6.79. The molecule has 0 saturated heterocycles. The number of nitrogens with zero attached hydrogens (tertiary/aromatic N) is 1. The Bertz CT molecular complexity index is 324. The van der Waals surface area contributed by atoms with Crippen LogP contribution in [0.2, 0.25) is 0 Å². The van der Waals surface area contributed by atoms with Gasteiger partial charge in [0, 0.05) is 6.54 Å². The first-order valence-corrected chi connectivity index (χ1v) is 8.50. The van der Waals surface area contributed by atoms with Crippen molar-refractivity contribution < 1.29 is 29.3 Å². The molecule has 1 amide bonds. The second-order valence-corrected chi connectivity index (χ2v) is 6.12. The Morgan fingerprint density at radius 3 is 2.48 bits per heavy atom. The maximum Gasteiger partial charge on any atom is 0.323 e. The predicted molar refractivity (Wildman–Crippen MR) is 81.0 cm³/mol. The highest BCUT2D eigenvalue weighted by molar-refractivity contribution is 7.36. The third kappa shape index (κ3) is 10.6. The van der Waals surface area contributed by atoms with Crippen molar-refractivity contribution in [1.29, 1.82) is 0 Å². The smallest absolute Gasteiger partial charge is 0.323 e. The lowest BCUT2D eigenvalue weighted by molar-refractivity contribution is -0.147. The van der Waals surface area contributed by atoms with Gasteiger partial charge in [0.1, 0.15) is 6.54 Å². The summed E-state index contributed by atoms with van der Waals surface area (Å²) < 4.78 is 10.7. The summed E-state index contributed by atoms with van der Waals surface area (Å²) in [6, 6.07) is 0. The highest BCUT2D eigenvalue weighted by Crippen LogP contribution is 2.19.